The summed E-state index contributed by atoms with van der Waals surface area (Å²) in [6, 6.07) is 5.70. The maximum absolute atomic E-state index is 5.22. The predicted octanol–water partition coefficient (Wildman–Crippen LogP) is 2.91. The number of nitrogens with one attached hydrogen (secondary N) is 3. The Bertz CT molecular complexity index is 787. The molecule has 0 saturated heterocycles. The van der Waals surface area contributed by atoms with Crippen LogP contribution in [0.25, 0.3) is 11.2 Å². The molecular formula is C13H13BrN6O. The third kappa shape index (κ3) is 2.62. The predicted molar refractivity (Wildman–Crippen MR) is 85.2 cm³/mol. The molecule has 7 nitrogen and oxygen atoms in total. The Labute approximate surface area is 129 Å². The van der Waals surface area contributed by atoms with E-state index >= 15 is 0 Å². The van der Waals surface area contributed by atoms with Crippen molar-refractivity contribution in [1.82, 2.24) is 19.9 Å². The first-order valence-corrected chi connectivity index (χ1v) is 7.00. The molecule has 8 heteroatoms. The molecule has 108 valence electrons. The van der Waals surface area contributed by atoms with E-state index in [9.17, 15) is 0 Å². The summed E-state index contributed by atoms with van der Waals surface area (Å²) in [5.41, 5.74) is 2.23. The van der Waals surface area contributed by atoms with Gasteiger partial charge in [-0.05, 0) is 34.1 Å². The molecule has 2 heterocycles. The third-order valence-corrected chi connectivity index (χ3v) is 3.54. The van der Waals surface area contributed by atoms with Crippen molar-refractivity contribution >= 4 is 44.5 Å². The molecule has 2 aromatic heterocycles. The zero-order valence-corrected chi connectivity index (χ0v) is 13.0. The van der Waals surface area contributed by atoms with Crippen molar-refractivity contribution in [3.05, 3.63) is 29.0 Å². The van der Waals surface area contributed by atoms with Crippen molar-refractivity contribution in [3.8, 4) is 5.75 Å². The SMILES string of the molecule is CNc1nc(Nc2ccc(OC)c(Br)c2)c2[nH]cnc2n1. The second kappa shape index (κ2) is 5.57. The number of rotatable bonds is 4. The fourth-order valence-corrected chi connectivity index (χ4v) is 2.46. The van der Waals surface area contributed by atoms with Gasteiger partial charge in [-0.15, -0.1) is 0 Å². The molecule has 1 aromatic carbocycles. The highest BCUT2D eigenvalue weighted by molar-refractivity contribution is 9.10. The van der Waals surface area contributed by atoms with Crippen molar-refractivity contribution in [1.29, 1.82) is 0 Å². The molecule has 0 radical (unpaired) electrons. The van der Waals surface area contributed by atoms with Crippen LogP contribution in [0.3, 0.4) is 0 Å². The van der Waals surface area contributed by atoms with Crippen LogP contribution in [0.15, 0.2) is 29.0 Å². The van der Waals surface area contributed by atoms with Gasteiger partial charge < -0.3 is 20.4 Å². The molecule has 0 aliphatic carbocycles. The molecule has 0 aliphatic rings. The lowest BCUT2D eigenvalue weighted by Crippen LogP contribution is -2.02. The Morgan fingerprint density at radius 2 is 2.14 bits per heavy atom. The van der Waals surface area contributed by atoms with Gasteiger partial charge in [-0.3, -0.25) is 0 Å². The number of H-pyrrole nitrogens is 1. The molecule has 0 atom stereocenters. The van der Waals surface area contributed by atoms with Gasteiger partial charge in [0, 0.05) is 12.7 Å². The summed E-state index contributed by atoms with van der Waals surface area (Å²) in [6.07, 6.45) is 1.59. The molecule has 0 fully saturated rings. The number of halogens is 1. The van der Waals surface area contributed by atoms with E-state index in [0.717, 1.165) is 21.4 Å². The molecule has 3 aromatic rings. The highest BCUT2D eigenvalue weighted by Crippen LogP contribution is 2.30. The molecule has 0 amide bonds. The Morgan fingerprint density at radius 3 is 2.86 bits per heavy atom. The number of imidazole rings is 1. The van der Waals surface area contributed by atoms with Gasteiger partial charge in [0.15, 0.2) is 11.5 Å². The number of ether oxygens (including phenoxy) is 1. The van der Waals surface area contributed by atoms with Crippen LogP contribution >= 0.6 is 15.9 Å². The van der Waals surface area contributed by atoms with Crippen LogP contribution < -0.4 is 15.4 Å². The smallest absolute Gasteiger partial charge is 0.226 e. The van der Waals surface area contributed by atoms with Crippen LogP contribution in [0.4, 0.5) is 17.5 Å². The normalized spacial score (nSPS) is 10.6. The minimum atomic E-state index is 0.504. The molecule has 0 spiro atoms. The molecule has 0 bridgehead atoms. The Balaban J connectivity index is 2.01. The summed E-state index contributed by atoms with van der Waals surface area (Å²) < 4.78 is 6.08. The van der Waals surface area contributed by atoms with E-state index in [1.807, 2.05) is 18.2 Å². The van der Waals surface area contributed by atoms with Crippen LogP contribution in [-0.4, -0.2) is 34.1 Å². The highest BCUT2D eigenvalue weighted by Gasteiger charge is 2.10. The number of hydrogen-bond donors (Lipinski definition) is 3. The van der Waals surface area contributed by atoms with E-state index in [0.29, 0.717) is 17.4 Å². The van der Waals surface area contributed by atoms with Gasteiger partial charge in [0.2, 0.25) is 5.95 Å². The van der Waals surface area contributed by atoms with Crippen LogP contribution in [0.1, 0.15) is 0 Å². The summed E-state index contributed by atoms with van der Waals surface area (Å²) in [4.78, 5) is 15.9. The first-order valence-electron chi connectivity index (χ1n) is 6.20. The number of benzene rings is 1. The maximum Gasteiger partial charge on any atom is 0.226 e. The molecule has 0 saturated carbocycles. The number of methoxy groups -OCH3 is 1. The van der Waals surface area contributed by atoms with E-state index in [1.165, 1.54) is 0 Å². The highest BCUT2D eigenvalue weighted by atomic mass is 79.9. The molecule has 21 heavy (non-hydrogen) atoms. The van der Waals surface area contributed by atoms with Crippen molar-refractivity contribution in [3.63, 3.8) is 0 Å². The summed E-state index contributed by atoms with van der Waals surface area (Å²) >= 11 is 3.46. The Hall–Kier alpha value is -2.35. The van der Waals surface area contributed by atoms with Crippen molar-refractivity contribution in [2.45, 2.75) is 0 Å². The first kappa shape index (κ1) is 13.6. The van der Waals surface area contributed by atoms with Crippen LogP contribution in [0.5, 0.6) is 5.75 Å². The summed E-state index contributed by atoms with van der Waals surface area (Å²) in [5, 5.41) is 6.17. The first-order chi connectivity index (χ1) is 10.2. The quantitative estimate of drug-likeness (QED) is 0.671. The van der Waals surface area contributed by atoms with Gasteiger partial charge in [-0.1, -0.05) is 0 Å². The van der Waals surface area contributed by atoms with Crippen LogP contribution in [0, 0.1) is 0 Å². The largest absolute Gasteiger partial charge is 0.496 e. The molecule has 0 unspecified atom stereocenters. The average molecular weight is 349 g/mol. The fraction of sp³-hybridized carbons (Fsp3) is 0.154. The number of hydrogen-bond acceptors (Lipinski definition) is 6. The topological polar surface area (TPSA) is 87.8 Å². The van der Waals surface area contributed by atoms with Gasteiger partial charge in [0.25, 0.3) is 0 Å². The van der Waals surface area contributed by atoms with Crippen molar-refractivity contribution in [2.75, 3.05) is 24.8 Å². The van der Waals surface area contributed by atoms with E-state index in [1.54, 1.807) is 20.5 Å². The summed E-state index contributed by atoms with van der Waals surface area (Å²) in [7, 11) is 3.40. The van der Waals surface area contributed by atoms with Gasteiger partial charge >= 0.3 is 0 Å². The van der Waals surface area contributed by atoms with Crippen LogP contribution in [-0.2, 0) is 0 Å². The molecule has 0 aliphatic heterocycles. The number of nitrogens with zero attached hydrogens (tertiary/aromatic N) is 3. The lowest BCUT2D eigenvalue weighted by Gasteiger charge is -2.10. The molecule has 3 rings (SSSR count). The van der Waals surface area contributed by atoms with Crippen LogP contribution in [0.2, 0.25) is 0 Å². The zero-order valence-electron chi connectivity index (χ0n) is 11.4. The third-order valence-electron chi connectivity index (χ3n) is 2.92. The average Bonchev–Trinajstić information content (AvgIpc) is 2.96. The van der Waals surface area contributed by atoms with E-state index in [-0.39, 0.29) is 0 Å². The van der Waals surface area contributed by atoms with Gasteiger partial charge in [-0.2, -0.15) is 9.97 Å². The van der Waals surface area contributed by atoms with Crippen molar-refractivity contribution < 1.29 is 4.74 Å². The fourth-order valence-electron chi connectivity index (χ4n) is 1.92. The minimum Gasteiger partial charge on any atom is -0.496 e. The molecule has 3 N–H and O–H groups in total. The van der Waals surface area contributed by atoms with Crippen molar-refractivity contribution in [2.24, 2.45) is 0 Å². The van der Waals surface area contributed by atoms with Gasteiger partial charge in [0.1, 0.15) is 11.3 Å². The van der Waals surface area contributed by atoms with Gasteiger partial charge in [0.05, 0.1) is 17.9 Å². The monoisotopic (exact) mass is 348 g/mol. The Morgan fingerprint density at radius 1 is 1.29 bits per heavy atom. The number of fused-ring (bicyclic) bond motifs is 1. The standard InChI is InChI=1S/C13H13BrN6O/c1-15-13-19-11-10(16-6-17-11)12(20-13)18-7-3-4-9(21-2)8(14)5-7/h3-6H,1-2H3,(H3,15,16,17,18,19,20). The van der Waals surface area contributed by atoms with E-state index in [2.05, 4.69) is 46.5 Å². The number of anilines is 3. The lowest BCUT2D eigenvalue weighted by molar-refractivity contribution is 0.412. The zero-order chi connectivity index (χ0) is 14.8. The Kier molecular flexibility index (Phi) is 3.61. The van der Waals surface area contributed by atoms with Gasteiger partial charge in [-0.25, -0.2) is 4.98 Å². The minimum absolute atomic E-state index is 0.504. The number of aromatic amines is 1. The van der Waals surface area contributed by atoms with E-state index in [4.69, 9.17) is 4.74 Å². The summed E-state index contributed by atoms with van der Waals surface area (Å²) in [6.45, 7) is 0. The second-order valence-corrected chi connectivity index (χ2v) is 5.08. The summed E-state index contributed by atoms with van der Waals surface area (Å²) in [5.74, 6) is 1.93. The number of aromatic nitrogens is 4. The van der Waals surface area contributed by atoms with E-state index < -0.39 is 0 Å². The second-order valence-electron chi connectivity index (χ2n) is 4.22. The lowest BCUT2D eigenvalue weighted by atomic mass is 10.3. The molecular weight excluding hydrogens is 336 g/mol. The maximum atomic E-state index is 5.22.